The molecule has 2 heterocycles. The first kappa shape index (κ1) is 19.0. The highest BCUT2D eigenvalue weighted by Crippen LogP contribution is 2.29. The highest BCUT2D eigenvalue weighted by Gasteiger charge is 2.21. The molecule has 4 aromatic rings. The number of carbonyl (C=O) groups is 1. The van der Waals surface area contributed by atoms with Crippen LogP contribution in [-0.4, -0.2) is 48.1 Å². The van der Waals surface area contributed by atoms with Crippen LogP contribution in [0.3, 0.4) is 0 Å². The predicted molar refractivity (Wildman–Crippen MR) is 121 cm³/mol. The third-order valence-corrected chi connectivity index (χ3v) is 6.12. The van der Waals surface area contributed by atoms with Crippen LogP contribution in [0, 0.1) is 0 Å². The number of carbonyl (C=O) groups excluding carboxylic acids is 1. The van der Waals surface area contributed by atoms with Crippen molar-refractivity contribution in [2.75, 3.05) is 32.8 Å². The lowest BCUT2D eigenvalue weighted by Gasteiger charge is -2.29. The van der Waals surface area contributed by atoms with Gasteiger partial charge in [0.15, 0.2) is 5.78 Å². The van der Waals surface area contributed by atoms with E-state index in [1.165, 1.54) is 0 Å². The van der Waals surface area contributed by atoms with E-state index in [1.807, 2.05) is 42.5 Å². The number of fused-ring (bicyclic) bond motifs is 2. The Morgan fingerprint density at radius 1 is 0.900 bits per heavy atom. The van der Waals surface area contributed by atoms with E-state index in [0.717, 1.165) is 65.7 Å². The van der Waals surface area contributed by atoms with Crippen LogP contribution in [-0.2, 0) is 4.74 Å². The Balaban J connectivity index is 1.55. The van der Waals surface area contributed by atoms with Crippen LogP contribution in [0.25, 0.3) is 21.7 Å². The number of hydrogen-bond donors (Lipinski definition) is 0. The van der Waals surface area contributed by atoms with Crippen LogP contribution in [0.1, 0.15) is 28.9 Å². The Labute approximate surface area is 176 Å². The summed E-state index contributed by atoms with van der Waals surface area (Å²) in [6, 6.07) is 22.6. The first-order valence-electron chi connectivity index (χ1n) is 10.6. The van der Waals surface area contributed by atoms with E-state index in [9.17, 15) is 4.79 Å². The second kappa shape index (κ2) is 8.05. The van der Waals surface area contributed by atoms with Gasteiger partial charge < -0.3 is 9.30 Å². The third-order valence-electron chi connectivity index (χ3n) is 6.12. The minimum atomic E-state index is 0.0836. The van der Waals surface area contributed by atoms with Gasteiger partial charge in [0.05, 0.1) is 13.2 Å². The fourth-order valence-corrected chi connectivity index (χ4v) is 4.56. The number of aromatic nitrogens is 1. The quantitative estimate of drug-likeness (QED) is 0.448. The number of nitrogens with zero attached hydrogens (tertiary/aromatic N) is 2. The van der Waals surface area contributed by atoms with Crippen LogP contribution in [0.4, 0.5) is 0 Å². The maximum atomic E-state index is 13.7. The summed E-state index contributed by atoms with van der Waals surface area (Å²) >= 11 is 0. The molecule has 4 nitrogen and oxygen atoms in total. The van der Waals surface area contributed by atoms with Gasteiger partial charge in [0.1, 0.15) is 0 Å². The summed E-state index contributed by atoms with van der Waals surface area (Å²) in [5.41, 5.74) is 2.65. The molecule has 4 heteroatoms. The van der Waals surface area contributed by atoms with Crippen molar-refractivity contribution in [2.45, 2.75) is 13.0 Å². The van der Waals surface area contributed by atoms with Crippen molar-refractivity contribution in [3.8, 4) is 0 Å². The van der Waals surface area contributed by atoms with Gasteiger partial charge in [0, 0.05) is 53.9 Å². The van der Waals surface area contributed by atoms with Gasteiger partial charge in [0.2, 0.25) is 0 Å². The van der Waals surface area contributed by atoms with Crippen molar-refractivity contribution < 1.29 is 9.53 Å². The first-order valence-corrected chi connectivity index (χ1v) is 10.6. The topological polar surface area (TPSA) is 34.5 Å². The van der Waals surface area contributed by atoms with Crippen LogP contribution >= 0.6 is 0 Å². The van der Waals surface area contributed by atoms with E-state index >= 15 is 0 Å². The van der Waals surface area contributed by atoms with Crippen molar-refractivity contribution in [2.24, 2.45) is 0 Å². The second-order valence-electron chi connectivity index (χ2n) is 8.09. The molecule has 0 radical (unpaired) electrons. The minimum absolute atomic E-state index is 0.0836. The molecular weight excluding hydrogens is 372 g/mol. The maximum Gasteiger partial charge on any atom is 0.195 e. The van der Waals surface area contributed by atoms with E-state index in [1.54, 1.807) is 0 Å². The molecule has 1 fully saturated rings. The molecular formula is C26H26N2O2. The number of ketones is 1. The summed E-state index contributed by atoms with van der Waals surface area (Å²) in [5, 5.41) is 3.11. The third kappa shape index (κ3) is 3.42. The van der Waals surface area contributed by atoms with E-state index in [0.29, 0.717) is 0 Å². The summed E-state index contributed by atoms with van der Waals surface area (Å²) in [6.45, 7) is 6.70. The molecule has 0 saturated carbocycles. The summed E-state index contributed by atoms with van der Waals surface area (Å²) in [7, 11) is 0. The largest absolute Gasteiger partial charge is 0.379 e. The summed E-state index contributed by atoms with van der Waals surface area (Å²) < 4.78 is 7.75. The van der Waals surface area contributed by atoms with E-state index in [4.69, 9.17) is 4.74 Å². The predicted octanol–water partition coefficient (Wildman–Crippen LogP) is 4.92. The van der Waals surface area contributed by atoms with Crippen LogP contribution in [0.15, 0.2) is 72.9 Å². The molecule has 0 unspecified atom stereocenters. The molecule has 3 aromatic carbocycles. The van der Waals surface area contributed by atoms with Crippen molar-refractivity contribution in [1.29, 1.82) is 0 Å². The Hall–Kier alpha value is -2.95. The van der Waals surface area contributed by atoms with E-state index < -0.39 is 0 Å². The maximum absolute atomic E-state index is 13.7. The Kier molecular flexibility index (Phi) is 5.11. The average Bonchev–Trinajstić information content (AvgIpc) is 3.19. The zero-order valence-electron chi connectivity index (χ0n) is 17.3. The number of benzene rings is 3. The molecule has 1 aliphatic heterocycles. The SMILES string of the molecule is C[C@@H](CN1CCOCC1)n1cc(C(=O)c2cccc3ccccc23)c2ccccc21. The number of ether oxygens (including phenoxy) is 1. The summed E-state index contributed by atoms with van der Waals surface area (Å²) in [5.74, 6) is 0.0836. The van der Waals surface area contributed by atoms with Crippen molar-refractivity contribution in [3.63, 3.8) is 0 Å². The van der Waals surface area contributed by atoms with Gasteiger partial charge in [-0.15, -0.1) is 0 Å². The molecule has 0 aliphatic carbocycles. The van der Waals surface area contributed by atoms with Gasteiger partial charge >= 0.3 is 0 Å². The summed E-state index contributed by atoms with van der Waals surface area (Å²) in [6.07, 6.45) is 2.06. The molecule has 1 aliphatic rings. The minimum Gasteiger partial charge on any atom is -0.379 e. The molecule has 0 N–H and O–H groups in total. The van der Waals surface area contributed by atoms with Gasteiger partial charge in [-0.05, 0) is 23.8 Å². The van der Waals surface area contributed by atoms with E-state index in [2.05, 4.69) is 46.9 Å². The van der Waals surface area contributed by atoms with Gasteiger partial charge in [-0.1, -0.05) is 60.7 Å². The lowest BCUT2D eigenvalue weighted by Crippen LogP contribution is -2.39. The molecule has 5 rings (SSSR count). The molecule has 0 amide bonds. The lowest BCUT2D eigenvalue weighted by molar-refractivity contribution is 0.0328. The average molecular weight is 399 g/mol. The van der Waals surface area contributed by atoms with Crippen molar-refractivity contribution in [3.05, 3.63) is 84.1 Å². The summed E-state index contributed by atoms with van der Waals surface area (Å²) in [4.78, 5) is 16.1. The van der Waals surface area contributed by atoms with Crippen molar-refractivity contribution in [1.82, 2.24) is 9.47 Å². The smallest absolute Gasteiger partial charge is 0.195 e. The molecule has 1 saturated heterocycles. The second-order valence-corrected chi connectivity index (χ2v) is 8.09. The molecule has 1 aromatic heterocycles. The fourth-order valence-electron chi connectivity index (χ4n) is 4.56. The highest BCUT2D eigenvalue weighted by atomic mass is 16.5. The lowest BCUT2D eigenvalue weighted by atomic mass is 9.97. The van der Waals surface area contributed by atoms with Gasteiger partial charge in [-0.25, -0.2) is 0 Å². The molecule has 0 spiro atoms. The van der Waals surface area contributed by atoms with Crippen molar-refractivity contribution >= 4 is 27.5 Å². The highest BCUT2D eigenvalue weighted by molar-refractivity contribution is 6.21. The van der Waals surface area contributed by atoms with Crippen LogP contribution in [0.2, 0.25) is 0 Å². The normalized spacial score (nSPS) is 16.2. The monoisotopic (exact) mass is 398 g/mol. The van der Waals surface area contributed by atoms with E-state index in [-0.39, 0.29) is 11.8 Å². The fraction of sp³-hybridized carbons (Fsp3) is 0.269. The first-order chi connectivity index (χ1) is 14.7. The number of rotatable bonds is 5. The van der Waals surface area contributed by atoms with Crippen LogP contribution < -0.4 is 0 Å². The standard InChI is InChI=1S/C26H26N2O2/c1-19(17-27-13-15-30-16-14-27)28-18-24(22-10-4-5-12-25(22)28)26(29)23-11-6-8-20-7-2-3-9-21(20)23/h2-12,18-19H,13-17H2,1H3/t19-/m0/s1. The Morgan fingerprint density at radius 3 is 2.43 bits per heavy atom. The van der Waals surface area contributed by atoms with Crippen LogP contribution in [0.5, 0.6) is 0 Å². The van der Waals surface area contributed by atoms with Gasteiger partial charge in [-0.3, -0.25) is 9.69 Å². The van der Waals surface area contributed by atoms with Gasteiger partial charge in [-0.2, -0.15) is 0 Å². The van der Waals surface area contributed by atoms with Gasteiger partial charge in [0.25, 0.3) is 0 Å². The number of para-hydroxylation sites is 1. The Morgan fingerprint density at radius 2 is 1.60 bits per heavy atom. The molecule has 30 heavy (non-hydrogen) atoms. The Bertz CT molecular complexity index is 1200. The zero-order valence-corrected chi connectivity index (χ0v) is 17.3. The molecule has 1 atom stereocenters. The molecule has 152 valence electrons. The zero-order chi connectivity index (χ0) is 20.5. The molecule has 0 bridgehead atoms. The number of hydrogen-bond acceptors (Lipinski definition) is 3. The number of morpholine rings is 1.